The van der Waals surface area contributed by atoms with Crippen molar-refractivity contribution in [3.8, 4) is 0 Å². The fourth-order valence-corrected chi connectivity index (χ4v) is 4.19. The Labute approximate surface area is 185 Å². The Bertz CT molecular complexity index is 1140. The molecule has 1 aliphatic heterocycles. The first kappa shape index (κ1) is 25.2. The van der Waals surface area contributed by atoms with Gasteiger partial charge in [0.05, 0.1) is 5.75 Å². The molecule has 2 atom stereocenters. The second kappa shape index (κ2) is 9.63. The minimum Gasteiger partial charge on any atom is -0.447 e. The first-order chi connectivity index (χ1) is 14.7. The molecule has 2 heterocycles. The van der Waals surface area contributed by atoms with Gasteiger partial charge in [0.15, 0.2) is 20.7 Å². The van der Waals surface area contributed by atoms with Gasteiger partial charge >= 0.3 is 16.4 Å². The smallest absolute Gasteiger partial charge is 0.404 e. The number of ether oxygens (including phenoxy) is 1. The van der Waals surface area contributed by atoms with Crippen LogP contribution in [0.3, 0.4) is 0 Å². The molecule has 0 aromatic carbocycles. The number of aromatic nitrogens is 1. The monoisotopic (exact) mass is 514 g/mol. The molecule has 0 saturated carbocycles. The Morgan fingerprint density at radius 2 is 2.03 bits per heavy atom. The molecule has 3 amide bonds. The van der Waals surface area contributed by atoms with Crippen LogP contribution in [0.1, 0.15) is 5.69 Å². The van der Waals surface area contributed by atoms with Crippen LogP contribution in [-0.2, 0) is 39.3 Å². The van der Waals surface area contributed by atoms with Crippen LogP contribution in [0.2, 0.25) is 0 Å². The van der Waals surface area contributed by atoms with Crippen LogP contribution >= 0.6 is 11.3 Å². The normalized spacial score (nSPS) is 19.2. The number of anilines is 1. The van der Waals surface area contributed by atoms with Gasteiger partial charge in [-0.2, -0.15) is 8.42 Å². The van der Waals surface area contributed by atoms with E-state index in [0.717, 1.165) is 17.6 Å². The predicted molar refractivity (Wildman–Crippen MR) is 108 cm³/mol. The largest absolute Gasteiger partial charge is 0.447 e. The van der Waals surface area contributed by atoms with E-state index < -0.39 is 74.8 Å². The Morgan fingerprint density at radius 3 is 2.53 bits per heavy atom. The summed E-state index contributed by atoms with van der Waals surface area (Å²) in [6, 6.07) is -3.05. The van der Waals surface area contributed by atoms with Crippen LogP contribution in [0.15, 0.2) is 10.5 Å². The summed E-state index contributed by atoms with van der Waals surface area (Å²) in [5.41, 5.74) is 9.77. The average Bonchev–Trinajstić information content (AvgIpc) is 3.06. The number of oxime groups is 1. The molecule has 2 rings (SSSR count). The van der Waals surface area contributed by atoms with Gasteiger partial charge in [0.1, 0.15) is 31.0 Å². The van der Waals surface area contributed by atoms with Crippen molar-refractivity contribution in [3.63, 3.8) is 0 Å². The highest BCUT2D eigenvalue weighted by Crippen LogP contribution is 2.24. The van der Waals surface area contributed by atoms with Crippen LogP contribution in [0.5, 0.6) is 0 Å². The highest BCUT2D eigenvalue weighted by molar-refractivity contribution is 7.90. The molecule has 178 valence electrons. The molecular formula is C13H18N6O10S3. The van der Waals surface area contributed by atoms with E-state index in [0.29, 0.717) is 0 Å². The Kier molecular flexibility index (Phi) is 7.59. The summed E-state index contributed by atoms with van der Waals surface area (Å²) in [4.78, 5) is 44.4. The molecule has 0 aliphatic carbocycles. The van der Waals surface area contributed by atoms with Gasteiger partial charge in [0.25, 0.3) is 11.8 Å². The zero-order valence-electron chi connectivity index (χ0n) is 16.2. The number of nitrogens with one attached hydrogen (secondary N) is 1. The third-order valence-electron chi connectivity index (χ3n) is 3.78. The first-order valence-electron chi connectivity index (χ1n) is 8.33. The van der Waals surface area contributed by atoms with Crippen LogP contribution < -0.4 is 16.8 Å². The van der Waals surface area contributed by atoms with Gasteiger partial charge < -0.3 is 26.4 Å². The standard InChI is InChI=1S/C13H18N6O10S3/c1-31(23,24)3-2-29-18-8(6-5-30-12(14)16-6)10(20)17-9-7(4-28-13(15)22)19(11(9)21)32(25,26)27/h5,7,9H,2-4H2,1H3,(H2,14,16)(H2,15,22)(H,17,20)(H,25,26,27)/b18-8+/t7-,9+/m1/s1. The van der Waals surface area contributed by atoms with Crippen LogP contribution in [-0.4, -0.2) is 91.6 Å². The summed E-state index contributed by atoms with van der Waals surface area (Å²) in [5, 5.41) is 7.09. The Morgan fingerprint density at radius 1 is 1.38 bits per heavy atom. The molecular weight excluding hydrogens is 496 g/mol. The van der Waals surface area contributed by atoms with E-state index in [9.17, 15) is 35.8 Å². The second-order valence-corrected chi connectivity index (χ2v) is 10.7. The number of sulfone groups is 1. The molecule has 1 aromatic heterocycles. The molecule has 6 N–H and O–H groups in total. The van der Waals surface area contributed by atoms with E-state index in [1.165, 1.54) is 5.38 Å². The first-order valence-corrected chi connectivity index (χ1v) is 12.7. The Hall–Kier alpha value is -3.03. The minimum atomic E-state index is -5.02. The molecule has 1 saturated heterocycles. The molecule has 0 radical (unpaired) electrons. The van der Waals surface area contributed by atoms with Crippen molar-refractivity contribution in [1.29, 1.82) is 0 Å². The van der Waals surface area contributed by atoms with Crippen molar-refractivity contribution in [2.24, 2.45) is 10.9 Å². The lowest BCUT2D eigenvalue weighted by Crippen LogP contribution is -2.73. The number of thiazole rings is 1. The van der Waals surface area contributed by atoms with E-state index in [4.69, 9.17) is 16.3 Å². The van der Waals surface area contributed by atoms with E-state index in [2.05, 4.69) is 20.2 Å². The molecule has 1 aliphatic rings. The highest BCUT2D eigenvalue weighted by atomic mass is 32.2. The molecule has 1 fully saturated rings. The summed E-state index contributed by atoms with van der Waals surface area (Å²) in [6.07, 6.45) is -0.323. The van der Waals surface area contributed by atoms with Gasteiger partial charge in [-0.25, -0.2) is 22.5 Å². The van der Waals surface area contributed by atoms with E-state index in [-0.39, 0.29) is 15.1 Å². The van der Waals surface area contributed by atoms with Crippen molar-refractivity contribution < 1.29 is 45.3 Å². The van der Waals surface area contributed by atoms with E-state index >= 15 is 0 Å². The zero-order valence-corrected chi connectivity index (χ0v) is 18.6. The fourth-order valence-electron chi connectivity index (χ4n) is 2.40. The van der Waals surface area contributed by atoms with E-state index in [1.807, 2.05) is 0 Å². The van der Waals surface area contributed by atoms with Crippen molar-refractivity contribution in [1.82, 2.24) is 14.6 Å². The number of nitrogens with zero attached hydrogens (tertiary/aromatic N) is 3. The number of nitrogens with two attached hydrogens (primary N) is 2. The number of amides is 3. The number of primary amides is 1. The number of carbonyl (C=O) groups excluding carboxylic acids is 3. The lowest BCUT2D eigenvalue weighted by Gasteiger charge is -2.43. The number of rotatable bonds is 10. The lowest BCUT2D eigenvalue weighted by atomic mass is 9.99. The molecule has 32 heavy (non-hydrogen) atoms. The van der Waals surface area contributed by atoms with Gasteiger partial charge in [0.2, 0.25) is 0 Å². The summed E-state index contributed by atoms with van der Waals surface area (Å²) < 4.78 is 58.8. The molecule has 0 spiro atoms. The molecule has 0 unspecified atom stereocenters. The van der Waals surface area contributed by atoms with Crippen LogP contribution in [0.4, 0.5) is 9.93 Å². The minimum absolute atomic E-state index is 0.00113. The maximum Gasteiger partial charge on any atom is 0.404 e. The van der Waals surface area contributed by atoms with Gasteiger partial charge in [0, 0.05) is 11.6 Å². The third-order valence-corrected chi connectivity index (χ3v) is 6.31. The number of nitrogen functional groups attached to an aromatic ring is 1. The number of hydrogen-bond donors (Lipinski definition) is 4. The van der Waals surface area contributed by atoms with Gasteiger partial charge in [-0.1, -0.05) is 5.16 Å². The average molecular weight is 515 g/mol. The second-order valence-electron chi connectivity index (χ2n) is 6.23. The van der Waals surface area contributed by atoms with E-state index in [1.54, 1.807) is 0 Å². The molecule has 1 aromatic rings. The maximum absolute atomic E-state index is 12.7. The summed E-state index contributed by atoms with van der Waals surface area (Å²) >= 11 is 0.944. The molecule has 16 nitrogen and oxygen atoms in total. The topological polar surface area (TPSA) is 251 Å². The SMILES string of the molecule is CS(=O)(=O)CCO/N=C(/C(=O)N[C@@H]1C(=O)N(S(=O)(=O)O)[C@@H]1COC(N)=O)c1csc(N)n1. The van der Waals surface area contributed by atoms with Crippen LogP contribution in [0.25, 0.3) is 0 Å². The van der Waals surface area contributed by atoms with Gasteiger partial charge in [-0.3, -0.25) is 14.1 Å². The Balaban J connectivity index is 2.23. The summed E-state index contributed by atoms with van der Waals surface area (Å²) in [5.74, 6) is -2.71. The quantitative estimate of drug-likeness (QED) is 0.0805. The number of hydrogen-bond acceptors (Lipinski definition) is 13. The maximum atomic E-state index is 12.7. The molecule has 19 heteroatoms. The summed E-state index contributed by atoms with van der Waals surface area (Å²) in [7, 11) is -8.40. The fraction of sp³-hybridized carbons (Fsp3) is 0.462. The van der Waals surface area contributed by atoms with Gasteiger partial charge in [-0.05, 0) is 0 Å². The predicted octanol–water partition coefficient (Wildman–Crippen LogP) is -2.92. The number of carbonyl (C=O) groups is 3. The van der Waals surface area contributed by atoms with Crippen LogP contribution in [0, 0.1) is 0 Å². The van der Waals surface area contributed by atoms with Crippen molar-refractivity contribution in [3.05, 3.63) is 11.1 Å². The molecule has 0 bridgehead atoms. The van der Waals surface area contributed by atoms with Crippen molar-refractivity contribution >= 4 is 60.2 Å². The lowest BCUT2D eigenvalue weighted by molar-refractivity contribution is -0.146. The summed E-state index contributed by atoms with van der Waals surface area (Å²) in [6.45, 7) is -1.16. The number of β-lactam (4-membered cyclic amide) rings is 1. The zero-order chi connectivity index (χ0) is 24.3. The van der Waals surface area contributed by atoms with Crippen molar-refractivity contribution in [2.45, 2.75) is 12.1 Å². The van der Waals surface area contributed by atoms with Gasteiger partial charge in [-0.15, -0.1) is 11.3 Å². The third kappa shape index (κ3) is 6.48. The highest BCUT2D eigenvalue weighted by Gasteiger charge is 2.54. The van der Waals surface area contributed by atoms with Crippen molar-refractivity contribution in [2.75, 3.05) is 31.0 Å².